The van der Waals surface area contributed by atoms with E-state index in [2.05, 4.69) is 0 Å². The molecule has 0 bridgehead atoms. The molecule has 0 radical (unpaired) electrons. The lowest BCUT2D eigenvalue weighted by molar-refractivity contribution is 0.301. The van der Waals surface area contributed by atoms with Gasteiger partial charge in [-0.15, -0.1) is 0 Å². The number of benzene rings is 1. The van der Waals surface area contributed by atoms with Crippen LogP contribution in [0.25, 0.3) is 11.1 Å². The molecule has 1 fully saturated rings. The number of aryl methyl sites for hydroxylation is 2. The Morgan fingerprint density at radius 2 is 2.00 bits per heavy atom. The average molecular weight is 363 g/mol. The van der Waals surface area contributed by atoms with Crippen LogP contribution in [-0.4, -0.2) is 26.0 Å². The maximum atomic E-state index is 12.0. The summed E-state index contributed by atoms with van der Waals surface area (Å²) < 4.78 is 28.1. The highest BCUT2D eigenvalue weighted by molar-refractivity contribution is 8.24. The molecule has 2 aromatic rings. The predicted octanol–water partition coefficient (Wildman–Crippen LogP) is 4.28. The van der Waals surface area contributed by atoms with Crippen LogP contribution >= 0.6 is 10.6 Å². The molecule has 1 aromatic carbocycles. The first kappa shape index (κ1) is 18.0. The summed E-state index contributed by atoms with van der Waals surface area (Å²) in [5.74, 6) is 1.59. The van der Waals surface area contributed by atoms with E-state index in [1.807, 2.05) is 6.07 Å². The van der Waals surface area contributed by atoms with Crippen LogP contribution in [0.3, 0.4) is 0 Å². The molecule has 0 atom stereocenters. The van der Waals surface area contributed by atoms with Crippen molar-refractivity contribution in [2.75, 3.05) is 12.4 Å². The van der Waals surface area contributed by atoms with Gasteiger partial charge in [0.05, 0.1) is 11.5 Å². The third kappa shape index (κ3) is 3.92. The molecule has 0 saturated heterocycles. The van der Waals surface area contributed by atoms with E-state index >= 15 is 0 Å². The minimum Gasteiger partial charge on any atom is -0.493 e. The van der Waals surface area contributed by atoms with Crippen LogP contribution in [0.4, 0.5) is 0 Å². The van der Waals surface area contributed by atoms with Crippen LogP contribution in [0.2, 0.25) is 0 Å². The van der Waals surface area contributed by atoms with Gasteiger partial charge in [0.2, 0.25) is 0 Å². The molecule has 1 aromatic heterocycles. The number of hydrogen-bond donors (Lipinski definition) is 2. The van der Waals surface area contributed by atoms with E-state index in [4.69, 9.17) is 4.74 Å². The van der Waals surface area contributed by atoms with Gasteiger partial charge in [-0.1, -0.05) is 0 Å². The van der Waals surface area contributed by atoms with Crippen LogP contribution in [0.15, 0.2) is 40.2 Å². The summed E-state index contributed by atoms with van der Waals surface area (Å²) in [5.41, 5.74) is 2.21. The molecule has 136 valence electrons. The molecule has 1 heterocycles. The Labute approximate surface area is 149 Å². The van der Waals surface area contributed by atoms with Crippen LogP contribution in [0, 0.1) is 12.8 Å². The van der Waals surface area contributed by atoms with Crippen molar-refractivity contribution in [2.24, 2.45) is 13.0 Å². The molecule has 0 spiro atoms. The molecule has 2 N–H and O–H groups in total. The molecule has 1 saturated carbocycles. The maximum absolute atomic E-state index is 12.0. The lowest BCUT2D eigenvalue weighted by Crippen LogP contribution is -2.18. The Balaban J connectivity index is 2.09. The Bertz CT molecular complexity index is 814. The Hall–Kier alpha value is -1.76. The van der Waals surface area contributed by atoms with Crippen molar-refractivity contribution in [3.05, 3.63) is 46.4 Å². The topological polar surface area (TPSA) is 71.7 Å². The number of pyridine rings is 1. The van der Waals surface area contributed by atoms with Gasteiger partial charge in [-0.05, 0) is 56.9 Å². The summed E-state index contributed by atoms with van der Waals surface area (Å²) in [7, 11) is -1.10. The molecular formula is C19H25NO4S. The minimum absolute atomic E-state index is 0.0433. The molecular weight excluding hydrogens is 338 g/mol. The van der Waals surface area contributed by atoms with Crippen molar-refractivity contribution >= 4 is 10.6 Å². The first-order chi connectivity index (χ1) is 11.8. The number of ether oxygens (including phenoxy) is 1. The van der Waals surface area contributed by atoms with Crippen molar-refractivity contribution in [1.29, 1.82) is 0 Å². The van der Waals surface area contributed by atoms with Gasteiger partial charge in [-0.3, -0.25) is 13.9 Å². The first-order valence-corrected chi connectivity index (χ1v) is 10.2. The quantitative estimate of drug-likeness (QED) is 0.803. The summed E-state index contributed by atoms with van der Waals surface area (Å²) in [5, 5.41) is 0. The van der Waals surface area contributed by atoms with Gasteiger partial charge in [0.1, 0.15) is 5.75 Å². The molecule has 25 heavy (non-hydrogen) atoms. The Morgan fingerprint density at radius 3 is 2.60 bits per heavy atom. The van der Waals surface area contributed by atoms with Crippen LogP contribution in [-0.2, 0) is 7.05 Å². The van der Waals surface area contributed by atoms with E-state index in [1.165, 1.54) is 12.8 Å². The molecule has 0 aliphatic heterocycles. The third-order valence-electron chi connectivity index (χ3n) is 4.58. The largest absolute Gasteiger partial charge is 0.493 e. The lowest BCUT2D eigenvalue weighted by Gasteiger charge is -2.31. The van der Waals surface area contributed by atoms with E-state index in [0.717, 1.165) is 11.1 Å². The fraction of sp³-hybridized carbons (Fsp3) is 0.421. The lowest BCUT2D eigenvalue weighted by atomic mass is 10.0. The third-order valence-corrected chi connectivity index (χ3v) is 6.39. The van der Waals surface area contributed by atoms with Crippen molar-refractivity contribution in [3.8, 4) is 16.9 Å². The van der Waals surface area contributed by atoms with E-state index in [0.29, 0.717) is 28.7 Å². The Kier molecular flexibility index (Phi) is 4.95. The second-order valence-corrected chi connectivity index (χ2v) is 9.08. The molecule has 0 unspecified atom stereocenters. The zero-order chi connectivity index (χ0) is 18.2. The fourth-order valence-corrected chi connectivity index (χ4v) is 3.67. The zero-order valence-electron chi connectivity index (χ0n) is 14.9. The van der Waals surface area contributed by atoms with Crippen LogP contribution in [0.5, 0.6) is 5.75 Å². The molecule has 1 aliphatic carbocycles. The SMILES string of the molecule is CCS(O)(O)c1ccc(OCC2CC2)c(-c2cc(C)c(=O)n(C)c2)c1. The number of hydrogen-bond acceptors (Lipinski definition) is 4. The van der Waals surface area contributed by atoms with E-state index < -0.39 is 10.6 Å². The maximum Gasteiger partial charge on any atom is 0.253 e. The average Bonchev–Trinajstić information content (AvgIpc) is 3.41. The van der Waals surface area contributed by atoms with E-state index in [-0.39, 0.29) is 11.3 Å². The van der Waals surface area contributed by atoms with E-state index in [9.17, 15) is 13.9 Å². The number of rotatable bonds is 6. The summed E-state index contributed by atoms with van der Waals surface area (Å²) in [4.78, 5) is 12.5. The summed E-state index contributed by atoms with van der Waals surface area (Å²) in [6.45, 7) is 4.20. The fourth-order valence-electron chi connectivity index (χ4n) is 2.75. The summed E-state index contributed by atoms with van der Waals surface area (Å²) in [6, 6.07) is 7.13. The van der Waals surface area contributed by atoms with Gasteiger partial charge in [0.25, 0.3) is 5.56 Å². The number of aromatic nitrogens is 1. The Morgan fingerprint density at radius 1 is 1.28 bits per heavy atom. The van der Waals surface area contributed by atoms with Crippen molar-refractivity contribution in [2.45, 2.75) is 31.6 Å². The highest BCUT2D eigenvalue weighted by atomic mass is 32.3. The van der Waals surface area contributed by atoms with Gasteiger partial charge in [0, 0.05) is 35.7 Å². The van der Waals surface area contributed by atoms with Gasteiger partial charge in [0.15, 0.2) is 0 Å². The van der Waals surface area contributed by atoms with Crippen LogP contribution < -0.4 is 10.3 Å². The van der Waals surface area contributed by atoms with Crippen LogP contribution in [0.1, 0.15) is 25.3 Å². The molecule has 6 heteroatoms. The smallest absolute Gasteiger partial charge is 0.253 e. The predicted molar refractivity (Wildman–Crippen MR) is 102 cm³/mol. The summed E-state index contributed by atoms with van der Waals surface area (Å²) >= 11 is 0. The molecule has 3 rings (SSSR count). The van der Waals surface area contributed by atoms with Crippen molar-refractivity contribution in [3.63, 3.8) is 0 Å². The number of nitrogens with zero attached hydrogens (tertiary/aromatic N) is 1. The van der Waals surface area contributed by atoms with Gasteiger partial charge >= 0.3 is 0 Å². The first-order valence-electron chi connectivity index (χ1n) is 8.52. The minimum atomic E-state index is -2.82. The highest BCUT2D eigenvalue weighted by Crippen LogP contribution is 2.49. The summed E-state index contributed by atoms with van der Waals surface area (Å²) in [6.07, 6.45) is 4.15. The second kappa shape index (κ2) is 6.86. The highest BCUT2D eigenvalue weighted by Gasteiger charge is 2.23. The standard InChI is InChI=1S/C19H25NO4S/c1-4-25(22,23)16-7-8-18(24-12-14-5-6-14)17(10-16)15-9-13(2)19(21)20(3)11-15/h7-11,14,22-23H,4-6,12H2,1-3H3. The normalized spacial score (nSPS) is 15.2. The molecule has 0 amide bonds. The zero-order valence-corrected chi connectivity index (χ0v) is 15.7. The molecule has 1 aliphatic rings. The van der Waals surface area contributed by atoms with Gasteiger partial charge in [-0.2, -0.15) is 10.6 Å². The second-order valence-electron chi connectivity index (χ2n) is 6.70. The molecule has 5 nitrogen and oxygen atoms in total. The van der Waals surface area contributed by atoms with Gasteiger partial charge < -0.3 is 9.30 Å². The van der Waals surface area contributed by atoms with Crippen molar-refractivity contribution in [1.82, 2.24) is 4.57 Å². The van der Waals surface area contributed by atoms with E-state index in [1.54, 1.807) is 49.9 Å². The van der Waals surface area contributed by atoms with Gasteiger partial charge in [-0.25, -0.2) is 0 Å². The van der Waals surface area contributed by atoms with Crippen molar-refractivity contribution < 1.29 is 13.8 Å². The monoisotopic (exact) mass is 363 g/mol.